The Labute approximate surface area is 128 Å². The normalized spacial score (nSPS) is 17.1. The summed E-state index contributed by atoms with van der Waals surface area (Å²) >= 11 is 1.55. The highest BCUT2D eigenvalue weighted by Gasteiger charge is 2.22. The first-order chi connectivity index (χ1) is 10.2. The number of rotatable bonds is 3. The molecular formula is C16H19N3OS. The van der Waals surface area contributed by atoms with E-state index in [-0.39, 0.29) is 12.1 Å². The zero-order valence-electron chi connectivity index (χ0n) is 12.1. The van der Waals surface area contributed by atoms with Crippen LogP contribution >= 0.6 is 11.3 Å². The predicted molar refractivity (Wildman–Crippen MR) is 84.2 cm³/mol. The number of hydrogen-bond donors (Lipinski definition) is 1. The third-order valence-electron chi connectivity index (χ3n) is 3.90. The summed E-state index contributed by atoms with van der Waals surface area (Å²) < 4.78 is 0. The molecule has 0 radical (unpaired) electrons. The SMILES string of the molecule is CN(Cc1cscn1)C(=O)N[C@@H]1CCCc2ccccc21. The Kier molecular flexibility index (Phi) is 4.20. The van der Waals surface area contributed by atoms with Crippen molar-refractivity contribution < 1.29 is 4.79 Å². The highest BCUT2D eigenvalue weighted by molar-refractivity contribution is 7.07. The first-order valence-corrected chi connectivity index (χ1v) is 8.15. The number of nitrogens with one attached hydrogen (secondary N) is 1. The molecule has 1 aromatic carbocycles. The van der Waals surface area contributed by atoms with Gasteiger partial charge in [0.15, 0.2) is 0 Å². The second-order valence-electron chi connectivity index (χ2n) is 5.43. The van der Waals surface area contributed by atoms with E-state index in [2.05, 4.69) is 28.5 Å². The minimum absolute atomic E-state index is 0.0373. The number of amides is 2. The Hall–Kier alpha value is -1.88. The summed E-state index contributed by atoms with van der Waals surface area (Å²) in [6.07, 6.45) is 3.24. The molecule has 1 atom stereocenters. The van der Waals surface area contributed by atoms with E-state index in [4.69, 9.17) is 0 Å². The largest absolute Gasteiger partial charge is 0.331 e. The first kappa shape index (κ1) is 14.1. The van der Waals surface area contributed by atoms with Crippen molar-refractivity contribution >= 4 is 17.4 Å². The van der Waals surface area contributed by atoms with Crippen LogP contribution in [-0.4, -0.2) is 23.0 Å². The molecule has 0 spiro atoms. The van der Waals surface area contributed by atoms with Crippen molar-refractivity contribution in [2.45, 2.75) is 31.8 Å². The van der Waals surface area contributed by atoms with E-state index in [9.17, 15) is 4.79 Å². The van der Waals surface area contributed by atoms with Crippen molar-refractivity contribution in [3.05, 3.63) is 52.0 Å². The van der Waals surface area contributed by atoms with Crippen LogP contribution in [0.15, 0.2) is 35.2 Å². The molecule has 110 valence electrons. The molecule has 0 saturated heterocycles. The lowest BCUT2D eigenvalue weighted by Gasteiger charge is -2.28. The Balaban J connectivity index is 1.65. The lowest BCUT2D eigenvalue weighted by Crippen LogP contribution is -2.40. The summed E-state index contributed by atoms with van der Waals surface area (Å²) in [6.45, 7) is 0.545. The van der Waals surface area contributed by atoms with Gasteiger partial charge in [-0.2, -0.15) is 0 Å². The molecular weight excluding hydrogens is 282 g/mol. The first-order valence-electron chi connectivity index (χ1n) is 7.20. The molecule has 3 rings (SSSR count). The molecule has 4 nitrogen and oxygen atoms in total. The fourth-order valence-electron chi connectivity index (χ4n) is 2.79. The molecule has 0 saturated carbocycles. The minimum Gasteiger partial charge on any atom is -0.331 e. The average molecular weight is 301 g/mol. The van der Waals surface area contributed by atoms with Gasteiger partial charge < -0.3 is 10.2 Å². The monoisotopic (exact) mass is 301 g/mol. The van der Waals surface area contributed by atoms with Crippen LogP contribution in [0.2, 0.25) is 0 Å². The number of aromatic nitrogens is 1. The number of fused-ring (bicyclic) bond motifs is 1. The van der Waals surface area contributed by atoms with Gasteiger partial charge in [-0.25, -0.2) is 9.78 Å². The second-order valence-corrected chi connectivity index (χ2v) is 6.15. The van der Waals surface area contributed by atoms with Gasteiger partial charge in [-0.3, -0.25) is 0 Å². The zero-order valence-corrected chi connectivity index (χ0v) is 12.9. The fraction of sp³-hybridized carbons (Fsp3) is 0.375. The Morgan fingerprint density at radius 2 is 2.33 bits per heavy atom. The summed E-state index contributed by atoms with van der Waals surface area (Å²) in [7, 11) is 1.81. The van der Waals surface area contributed by atoms with Crippen molar-refractivity contribution in [1.29, 1.82) is 0 Å². The van der Waals surface area contributed by atoms with Crippen molar-refractivity contribution in [3.63, 3.8) is 0 Å². The maximum Gasteiger partial charge on any atom is 0.317 e. The van der Waals surface area contributed by atoms with Crippen molar-refractivity contribution in [2.24, 2.45) is 0 Å². The molecule has 2 aromatic rings. The molecule has 0 aliphatic heterocycles. The molecule has 21 heavy (non-hydrogen) atoms. The van der Waals surface area contributed by atoms with Crippen LogP contribution in [0, 0.1) is 0 Å². The highest BCUT2D eigenvalue weighted by Crippen LogP contribution is 2.29. The van der Waals surface area contributed by atoms with Gasteiger partial charge in [0, 0.05) is 12.4 Å². The molecule has 1 aliphatic carbocycles. The van der Waals surface area contributed by atoms with Crippen LogP contribution in [0.1, 0.15) is 35.7 Å². The number of aryl methyl sites for hydroxylation is 1. The van der Waals surface area contributed by atoms with Gasteiger partial charge in [-0.15, -0.1) is 11.3 Å². The van der Waals surface area contributed by atoms with Crippen LogP contribution in [-0.2, 0) is 13.0 Å². The van der Waals surface area contributed by atoms with Crippen LogP contribution in [0.25, 0.3) is 0 Å². The van der Waals surface area contributed by atoms with E-state index in [1.54, 1.807) is 21.7 Å². The highest BCUT2D eigenvalue weighted by atomic mass is 32.1. The lowest BCUT2D eigenvalue weighted by molar-refractivity contribution is 0.200. The Morgan fingerprint density at radius 1 is 1.48 bits per heavy atom. The van der Waals surface area contributed by atoms with Crippen molar-refractivity contribution in [3.8, 4) is 0 Å². The number of thiazole rings is 1. The van der Waals surface area contributed by atoms with E-state index < -0.39 is 0 Å². The molecule has 2 amide bonds. The van der Waals surface area contributed by atoms with Crippen LogP contribution in [0.5, 0.6) is 0 Å². The molecule has 1 aromatic heterocycles. The van der Waals surface area contributed by atoms with Crippen LogP contribution in [0.4, 0.5) is 4.79 Å². The standard InChI is InChI=1S/C16H19N3OS/c1-19(9-13-10-21-11-17-13)16(20)18-15-8-4-6-12-5-2-3-7-14(12)15/h2-3,5,7,10-11,15H,4,6,8-9H2,1H3,(H,18,20)/t15-/m1/s1. The second kappa shape index (κ2) is 6.26. The summed E-state index contributed by atoms with van der Waals surface area (Å²) in [4.78, 5) is 18.2. The maximum absolute atomic E-state index is 12.3. The summed E-state index contributed by atoms with van der Waals surface area (Å²) in [6, 6.07) is 8.48. The summed E-state index contributed by atoms with van der Waals surface area (Å²) in [5.74, 6) is 0. The van der Waals surface area contributed by atoms with Crippen LogP contribution in [0.3, 0.4) is 0 Å². The van der Waals surface area contributed by atoms with Gasteiger partial charge in [-0.1, -0.05) is 24.3 Å². The number of urea groups is 1. The number of benzene rings is 1. The molecule has 0 unspecified atom stereocenters. The van der Waals surface area contributed by atoms with Gasteiger partial charge in [0.1, 0.15) is 0 Å². The molecule has 1 N–H and O–H groups in total. The number of nitrogens with zero attached hydrogens (tertiary/aromatic N) is 2. The van der Waals surface area contributed by atoms with Crippen LogP contribution < -0.4 is 5.32 Å². The quantitative estimate of drug-likeness (QED) is 0.945. The van der Waals surface area contributed by atoms with Gasteiger partial charge in [0.2, 0.25) is 0 Å². The van der Waals surface area contributed by atoms with E-state index in [1.165, 1.54) is 11.1 Å². The summed E-state index contributed by atoms with van der Waals surface area (Å²) in [5, 5.41) is 5.12. The van der Waals surface area contributed by atoms with Crippen molar-refractivity contribution in [1.82, 2.24) is 15.2 Å². The third kappa shape index (κ3) is 3.24. The molecule has 0 fully saturated rings. The van der Waals surface area contributed by atoms with E-state index in [1.807, 2.05) is 18.5 Å². The third-order valence-corrected chi connectivity index (χ3v) is 4.53. The topological polar surface area (TPSA) is 45.2 Å². The smallest absolute Gasteiger partial charge is 0.317 e. The molecule has 5 heteroatoms. The maximum atomic E-state index is 12.3. The van der Waals surface area contributed by atoms with Crippen molar-refractivity contribution in [2.75, 3.05) is 7.05 Å². The Morgan fingerprint density at radius 3 is 3.14 bits per heavy atom. The average Bonchev–Trinajstić information content (AvgIpc) is 3.00. The predicted octanol–water partition coefficient (Wildman–Crippen LogP) is 3.36. The lowest BCUT2D eigenvalue weighted by atomic mass is 9.88. The van der Waals surface area contributed by atoms with Gasteiger partial charge >= 0.3 is 6.03 Å². The Bertz CT molecular complexity index is 612. The molecule has 1 aliphatic rings. The number of carbonyl (C=O) groups is 1. The summed E-state index contributed by atoms with van der Waals surface area (Å²) in [5.41, 5.74) is 5.34. The number of hydrogen-bond acceptors (Lipinski definition) is 3. The van der Waals surface area contributed by atoms with E-state index in [0.717, 1.165) is 25.0 Å². The number of carbonyl (C=O) groups excluding carboxylic acids is 1. The zero-order chi connectivity index (χ0) is 14.7. The van der Waals surface area contributed by atoms with Gasteiger partial charge in [-0.05, 0) is 30.4 Å². The van der Waals surface area contributed by atoms with E-state index in [0.29, 0.717) is 6.54 Å². The fourth-order valence-corrected chi connectivity index (χ4v) is 3.34. The molecule has 1 heterocycles. The van der Waals surface area contributed by atoms with E-state index >= 15 is 0 Å². The van der Waals surface area contributed by atoms with Gasteiger partial charge in [0.05, 0.1) is 23.8 Å². The van der Waals surface area contributed by atoms with Gasteiger partial charge in [0.25, 0.3) is 0 Å². The molecule has 0 bridgehead atoms. The minimum atomic E-state index is -0.0373.